The van der Waals surface area contributed by atoms with Gasteiger partial charge in [0.1, 0.15) is 5.82 Å². The number of aliphatic imine (C=N–C) groups is 1. The van der Waals surface area contributed by atoms with E-state index in [0.717, 1.165) is 22.5 Å². The highest BCUT2D eigenvalue weighted by Crippen LogP contribution is 2.40. The lowest BCUT2D eigenvalue weighted by atomic mass is 9.88. The maximum atomic E-state index is 15.2. The molecule has 0 N–H and O–H groups in total. The Kier molecular flexibility index (Phi) is 6.45. The van der Waals surface area contributed by atoms with Gasteiger partial charge in [-0.3, -0.25) is 9.69 Å². The molecular formula is C26H28FN3O2S. The molecule has 172 valence electrons. The zero-order valence-corrected chi connectivity index (χ0v) is 20.4. The third-order valence-electron chi connectivity index (χ3n) is 6.01. The Morgan fingerprint density at radius 3 is 2.64 bits per heavy atom. The van der Waals surface area contributed by atoms with Crippen molar-refractivity contribution in [3.8, 4) is 0 Å². The van der Waals surface area contributed by atoms with Crippen LogP contribution in [0.1, 0.15) is 31.9 Å². The summed E-state index contributed by atoms with van der Waals surface area (Å²) in [5, 5.41) is 0.561. The molecule has 7 heteroatoms. The van der Waals surface area contributed by atoms with E-state index in [1.54, 1.807) is 24.2 Å². The topological polar surface area (TPSA) is 45.1 Å². The van der Waals surface area contributed by atoms with E-state index in [0.29, 0.717) is 28.8 Å². The number of carbonyl (C=O) groups is 1. The van der Waals surface area contributed by atoms with Gasteiger partial charge in [0.15, 0.2) is 5.17 Å². The van der Waals surface area contributed by atoms with Crippen LogP contribution >= 0.6 is 11.8 Å². The second-order valence-corrected chi connectivity index (χ2v) is 9.73. The number of benzene rings is 2. The van der Waals surface area contributed by atoms with Gasteiger partial charge >= 0.3 is 0 Å². The smallest absolute Gasteiger partial charge is 0.266 e. The van der Waals surface area contributed by atoms with Crippen LogP contribution < -0.4 is 4.90 Å². The van der Waals surface area contributed by atoms with Crippen molar-refractivity contribution in [1.82, 2.24) is 4.90 Å². The number of allylic oxidation sites excluding steroid dienone is 1. The fraction of sp³-hybridized carbons (Fsp3) is 0.308. The van der Waals surface area contributed by atoms with Crippen molar-refractivity contribution < 1.29 is 13.9 Å². The van der Waals surface area contributed by atoms with E-state index >= 15 is 4.39 Å². The first-order valence-electron chi connectivity index (χ1n) is 10.8. The number of halogens is 1. The number of fused-ring (bicyclic) bond motifs is 1. The van der Waals surface area contributed by atoms with E-state index in [1.165, 1.54) is 11.8 Å². The van der Waals surface area contributed by atoms with E-state index in [2.05, 4.69) is 29.8 Å². The van der Waals surface area contributed by atoms with Crippen LogP contribution in [0.5, 0.6) is 0 Å². The standard InChI is InChI=1S/C26H28FN3O2S/c1-17-16-26(2,3)29(4)22-15-21(27)18(13-20(17)22)14-23-24(31)30(11-12-32-5)25(33-23)28-19-9-7-6-8-10-19/h6-10,13-16H,11-12H2,1-5H3/b23-14+,28-25?. The minimum atomic E-state index is -0.358. The van der Waals surface area contributed by atoms with E-state index in [-0.39, 0.29) is 17.3 Å². The minimum Gasteiger partial charge on any atom is -0.383 e. The SMILES string of the molecule is COCCN1C(=O)/C(=C\c2cc3c(cc2F)N(C)C(C)(C)C=C3C)SC1=Nc1ccccc1. The van der Waals surface area contributed by atoms with Crippen LogP contribution in [0.2, 0.25) is 0 Å². The van der Waals surface area contributed by atoms with E-state index in [9.17, 15) is 4.79 Å². The summed E-state index contributed by atoms with van der Waals surface area (Å²) < 4.78 is 20.4. The molecule has 0 spiro atoms. The first-order chi connectivity index (χ1) is 15.7. The third kappa shape index (κ3) is 4.61. The van der Waals surface area contributed by atoms with Gasteiger partial charge in [-0.05, 0) is 68.4 Å². The molecule has 0 saturated carbocycles. The Balaban J connectivity index is 1.72. The predicted molar refractivity (Wildman–Crippen MR) is 135 cm³/mol. The quantitative estimate of drug-likeness (QED) is 0.531. The number of para-hydroxylation sites is 1. The number of carbonyl (C=O) groups excluding carboxylic acids is 1. The van der Waals surface area contributed by atoms with Crippen molar-refractivity contribution in [1.29, 1.82) is 0 Å². The second-order valence-electron chi connectivity index (χ2n) is 8.72. The maximum absolute atomic E-state index is 15.2. The summed E-state index contributed by atoms with van der Waals surface area (Å²) in [7, 11) is 3.56. The largest absolute Gasteiger partial charge is 0.383 e. The Hall–Kier alpha value is -2.90. The van der Waals surface area contributed by atoms with E-state index in [1.807, 2.05) is 50.4 Å². The van der Waals surface area contributed by atoms with Crippen LogP contribution in [0.3, 0.4) is 0 Å². The molecule has 5 nitrogen and oxygen atoms in total. The molecule has 2 aliphatic rings. The van der Waals surface area contributed by atoms with Crippen molar-refractivity contribution in [3.05, 3.63) is 70.4 Å². The van der Waals surface area contributed by atoms with Crippen molar-refractivity contribution in [2.45, 2.75) is 26.3 Å². The number of nitrogens with zero attached hydrogens (tertiary/aromatic N) is 3. The summed E-state index contributed by atoms with van der Waals surface area (Å²) in [5.74, 6) is -0.557. The number of methoxy groups -OCH3 is 1. The van der Waals surface area contributed by atoms with Gasteiger partial charge in [0.25, 0.3) is 5.91 Å². The van der Waals surface area contributed by atoms with Gasteiger partial charge in [0.2, 0.25) is 0 Å². The molecule has 1 amide bonds. The zero-order chi connectivity index (χ0) is 23.8. The van der Waals surface area contributed by atoms with Crippen LogP contribution in [0.4, 0.5) is 15.8 Å². The number of rotatable bonds is 5. The fourth-order valence-corrected chi connectivity index (χ4v) is 5.04. The summed E-state index contributed by atoms with van der Waals surface area (Å²) in [6.45, 7) is 6.99. The fourth-order valence-electron chi connectivity index (χ4n) is 4.02. The number of thioether (sulfide) groups is 1. The maximum Gasteiger partial charge on any atom is 0.266 e. The average molecular weight is 466 g/mol. The Morgan fingerprint density at radius 2 is 1.94 bits per heavy atom. The van der Waals surface area contributed by atoms with Gasteiger partial charge in [-0.1, -0.05) is 24.3 Å². The monoisotopic (exact) mass is 465 g/mol. The molecule has 2 aromatic carbocycles. The molecule has 33 heavy (non-hydrogen) atoms. The molecule has 0 aliphatic carbocycles. The molecule has 0 radical (unpaired) electrons. The zero-order valence-electron chi connectivity index (χ0n) is 19.6. The summed E-state index contributed by atoms with van der Waals surface area (Å²) in [6, 6.07) is 12.9. The van der Waals surface area contributed by atoms with Gasteiger partial charge in [0.05, 0.1) is 29.3 Å². The third-order valence-corrected chi connectivity index (χ3v) is 7.02. The number of hydrogen-bond acceptors (Lipinski definition) is 5. The van der Waals surface area contributed by atoms with Crippen LogP contribution in [0.15, 0.2) is 58.4 Å². The lowest BCUT2D eigenvalue weighted by molar-refractivity contribution is -0.122. The van der Waals surface area contributed by atoms with Gasteiger partial charge in [-0.15, -0.1) is 0 Å². The van der Waals surface area contributed by atoms with Crippen LogP contribution in [-0.2, 0) is 9.53 Å². The molecule has 2 aromatic rings. The summed E-state index contributed by atoms with van der Waals surface area (Å²) >= 11 is 1.25. The van der Waals surface area contributed by atoms with Gasteiger partial charge in [0, 0.05) is 31.0 Å². The number of amides is 1. The van der Waals surface area contributed by atoms with Crippen molar-refractivity contribution in [2.75, 3.05) is 32.2 Å². The van der Waals surface area contributed by atoms with E-state index in [4.69, 9.17) is 4.74 Å². The van der Waals surface area contributed by atoms with E-state index < -0.39 is 0 Å². The van der Waals surface area contributed by atoms with Crippen molar-refractivity contribution >= 4 is 45.9 Å². The Bertz CT molecular complexity index is 1170. The highest BCUT2D eigenvalue weighted by Gasteiger charge is 2.34. The predicted octanol–water partition coefficient (Wildman–Crippen LogP) is 5.71. The van der Waals surface area contributed by atoms with Gasteiger partial charge < -0.3 is 9.64 Å². The highest BCUT2D eigenvalue weighted by molar-refractivity contribution is 8.18. The summed E-state index contributed by atoms with van der Waals surface area (Å²) in [5.41, 5.74) is 3.84. The average Bonchev–Trinajstić information content (AvgIpc) is 3.06. The van der Waals surface area contributed by atoms with Crippen molar-refractivity contribution in [2.24, 2.45) is 4.99 Å². The first-order valence-corrected chi connectivity index (χ1v) is 11.6. The Labute approximate surface area is 198 Å². The lowest BCUT2D eigenvalue weighted by Gasteiger charge is -2.40. The molecule has 0 bridgehead atoms. The van der Waals surface area contributed by atoms with Crippen LogP contribution in [0, 0.1) is 5.82 Å². The Morgan fingerprint density at radius 1 is 1.21 bits per heavy atom. The summed E-state index contributed by atoms with van der Waals surface area (Å²) in [4.78, 5) is 21.9. The number of likely N-dealkylation sites (N-methyl/N-ethyl adjacent to an activating group) is 1. The second kappa shape index (κ2) is 9.15. The molecule has 1 fully saturated rings. The lowest BCUT2D eigenvalue weighted by Crippen LogP contribution is -2.42. The minimum absolute atomic E-state index is 0.200. The number of ether oxygens (including phenoxy) is 1. The molecule has 0 atom stereocenters. The summed E-state index contributed by atoms with van der Waals surface area (Å²) in [6.07, 6.45) is 3.81. The normalized spacial score (nSPS) is 19.9. The number of anilines is 1. The van der Waals surface area contributed by atoms with Gasteiger partial charge in [-0.25, -0.2) is 9.38 Å². The number of hydrogen-bond donors (Lipinski definition) is 0. The van der Waals surface area contributed by atoms with Gasteiger partial charge in [-0.2, -0.15) is 0 Å². The van der Waals surface area contributed by atoms with Crippen LogP contribution in [0.25, 0.3) is 11.6 Å². The molecule has 0 unspecified atom stereocenters. The highest BCUT2D eigenvalue weighted by atomic mass is 32.2. The molecule has 1 saturated heterocycles. The molecular weight excluding hydrogens is 437 g/mol. The molecule has 2 heterocycles. The van der Waals surface area contributed by atoms with Crippen molar-refractivity contribution in [3.63, 3.8) is 0 Å². The molecule has 0 aromatic heterocycles. The molecule has 2 aliphatic heterocycles. The van der Waals surface area contributed by atoms with Crippen LogP contribution in [-0.4, -0.2) is 48.8 Å². The molecule has 4 rings (SSSR count). The number of amidine groups is 1. The first kappa shape index (κ1) is 23.3.